The van der Waals surface area contributed by atoms with Crippen LogP contribution in [0.5, 0.6) is 17.2 Å². The topological polar surface area (TPSA) is 48.0 Å². The number of methoxy groups -OCH3 is 3. The van der Waals surface area contributed by atoms with Gasteiger partial charge >= 0.3 is 0 Å². The minimum absolute atomic E-state index is 0.00415. The van der Waals surface area contributed by atoms with Gasteiger partial charge in [-0.15, -0.1) is 0 Å². The van der Waals surface area contributed by atoms with Crippen molar-refractivity contribution in [2.45, 2.75) is 12.3 Å². The first-order valence-corrected chi connectivity index (χ1v) is 8.31. The Morgan fingerprint density at radius 1 is 0.960 bits per heavy atom. The highest BCUT2D eigenvalue weighted by Gasteiger charge is 2.29. The number of amides is 1. The molecule has 0 bridgehead atoms. The standard InChI is InChI=1S/C20H23NO4/c1-23-16-6-4-14(5-7-16)15-10-11-21(13-15)20(22)18-9-8-17(24-2)12-19(18)25-3/h4-9,12,15H,10-11,13H2,1-3H3. The largest absolute Gasteiger partial charge is 0.497 e. The van der Waals surface area contributed by atoms with Crippen LogP contribution in [0, 0.1) is 0 Å². The second-order valence-electron chi connectivity index (χ2n) is 6.08. The number of carbonyl (C=O) groups excluding carboxylic acids is 1. The predicted octanol–water partition coefficient (Wildman–Crippen LogP) is 3.34. The minimum atomic E-state index is -0.00415. The highest BCUT2D eigenvalue weighted by molar-refractivity contribution is 5.97. The molecule has 132 valence electrons. The van der Waals surface area contributed by atoms with Crippen LogP contribution >= 0.6 is 0 Å². The van der Waals surface area contributed by atoms with Crippen molar-refractivity contribution in [1.82, 2.24) is 4.90 Å². The van der Waals surface area contributed by atoms with E-state index in [1.54, 1.807) is 39.5 Å². The van der Waals surface area contributed by atoms with E-state index in [-0.39, 0.29) is 5.91 Å². The van der Waals surface area contributed by atoms with Gasteiger partial charge in [0.15, 0.2) is 0 Å². The Morgan fingerprint density at radius 2 is 1.64 bits per heavy atom. The summed E-state index contributed by atoms with van der Waals surface area (Å²) < 4.78 is 15.8. The van der Waals surface area contributed by atoms with Crippen molar-refractivity contribution in [3.8, 4) is 17.2 Å². The van der Waals surface area contributed by atoms with Crippen molar-refractivity contribution in [1.29, 1.82) is 0 Å². The fraction of sp³-hybridized carbons (Fsp3) is 0.350. The Hall–Kier alpha value is -2.69. The summed E-state index contributed by atoms with van der Waals surface area (Å²) in [5.74, 6) is 2.40. The Balaban J connectivity index is 1.74. The predicted molar refractivity (Wildman–Crippen MR) is 95.8 cm³/mol. The number of benzene rings is 2. The zero-order valence-electron chi connectivity index (χ0n) is 14.8. The first-order valence-electron chi connectivity index (χ1n) is 8.31. The Kier molecular flexibility index (Phi) is 5.12. The van der Waals surface area contributed by atoms with Crippen LogP contribution in [0.2, 0.25) is 0 Å². The van der Waals surface area contributed by atoms with Crippen LogP contribution in [-0.4, -0.2) is 45.2 Å². The molecule has 1 aliphatic rings. The van der Waals surface area contributed by atoms with Gasteiger partial charge in [0.25, 0.3) is 5.91 Å². The maximum atomic E-state index is 12.9. The number of rotatable bonds is 5. The summed E-state index contributed by atoms with van der Waals surface area (Å²) in [6.45, 7) is 1.45. The molecule has 5 nitrogen and oxygen atoms in total. The van der Waals surface area contributed by atoms with E-state index in [4.69, 9.17) is 14.2 Å². The van der Waals surface area contributed by atoms with Gasteiger partial charge in [0.2, 0.25) is 0 Å². The fourth-order valence-electron chi connectivity index (χ4n) is 3.24. The van der Waals surface area contributed by atoms with Crippen molar-refractivity contribution < 1.29 is 19.0 Å². The van der Waals surface area contributed by atoms with E-state index < -0.39 is 0 Å². The highest BCUT2D eigenvalue weighted by atomic mass is 16.5. The van der Waals surface area contributed by atoms with Gasteiger partial charge < -0.3 is 19.1 Å². The highest BCUT2D eigenvalue weighted by Crippen LogP contribution is 2.31. The summed E-state index contributed by atoms with van der Waals surface area (Å²) in [5, 5.41) is 0. The van der Waals surface area contributed by atoms with Gasteiger partial charge in [-0.05, 0) is 36.2 Å². The molecule has 2 aromatic carbocycles. The molecule has 1 aliphatic heterocycles. The van der Waals surface area contributed by atoms with Gasteiger partial charge in [0.1, 0.15) is 17.2 Å². The summed E-state index contributed by atoms with van der Waals surface area (Å²) >= 11 is 0. The third kappa shape index (κ3) is 3.55. The third-order valence-electron chi connectivity index (χ3n) is 4.70. The SMILES string of the molecule is COc1ccc(C2CCN(C(=O)c3ccc(OC)cc3OC)C2)cc1. The summed E-state index contributed by atoms with van der Waals surface area (Å²) in [6, 6.07) is 13.4. The van der Waals surface area contributed by atoms with Gasteiger partial charge in [-0.3, -0.25) is 4.79 Å². The van der Waals surface area contributed by atoms with Crippen molar-refractivity contribution in [3.05, 3.63) is 53.6 Å². The van der Waals surface area contributed by atoms with Gasteiger partial charge in [0.05, 0.1) is 26.9 Å². The lowest BCUT2D eigenvalue weighted by Crippen LogP contribution is -2.28. The van der Waals surface area contributed by atoms with E-state index in [9.17, 15) is 4.79 Å². The lowest BCUT2D eigenvalue weighted by atomic mass is 9.98. The second-order valence-corrected chi connectivity index (χ2v) is 6.08. The van der Waals surface area contributed by atoms with Crippen LogP contribution in [0.3, 0.4) is 0 Å². The van der Waals surface area contributed by atoms with Crippen LogP contribution in [0.25, 0.3) is 0 Å². The fourth-order valence-corrected chi connectivity index (χ4v) is 3.24. The number of ether oxygens (including phenoxy) is 3. The summed E-state index contributed by atoms with van der Waals surface area (Å²) in [7, 11) is 4.82. The molecule has 5 heteroatoms. The molecule has 0 radical (unpaired) electrons. The Morgan fingerprint density at radius 3 is 2.28 bits per heavy atom. The maximum Gasteiger partial charge on any atom is 0.257 e. The van der Waals surface area contributed by atoms with Crippen molar-refractivity contribution in [2.24, 2.45) is 0 Å². The molecule has 0 N–H and O–H groups in total. The normalized spacial score (nSPS) is 16.6. The Labute approximate surface area is 148 Å². The van der Waals surface area contributed by atoms with E-state index in [0.717, 1.165) is 18.7 Å². The Bertz CT molecular complexity index is 742. The molecule has 2 aromatic rings. The van der Waals surface area contributed by atoms with Crippen LogP contribution in [0.4, 0.5) is 0 Å². The van der Waals surface area contributed by atoms with Gasteiger partial charge in [-0.1, -0.05) is 12.1 Å². The van der Waals surface area contributed by atoms with Crippen molar-refractivity contribution >= 4 is 5.91 Å². The first kappa shape index (κ1) is 17.1. The summed E-state index contributed by atoms with van der Waals surface area (Å²) in [4.78, 5) is 14.8. The van der Waals surface area contributed by atoms with Gasteiger partial charge in [-0.2, -0.15) is 0 Å². The van der Waals surface area contributed by atoms with Crippen LogP contribution in [0.1, 0.15) is 28.3 Å². The summed E-state index contributed by atoms with van der Waals surface area (Å²) in [6.07, 6.45) is 0.955. The van der Waals surface area contributed by atoms with E-state index in [2.05, 4.69) is 12.1 Å². The number of hydrogen-bond acceptors (Lipinski definition) is 4. The quantitative estimate of drug-likeness (QED) is 0.837. The van der Waals surface area contributed by atoms with Crippen LogP contribution < -0.4 is 14.2 Å². The number of likely N-dealkylation sites (tertiary alicyclic amines) is 1. The minimum Gasteiger partial charge on any atom is -0.497 e. The maximum absolute atomic E-state index is 12.9. The molecule has 1 fully saturated rings. The van der Waals surface area contributed by atoms with Gasteiger partial charge in [-0.25, -0.2) is 0 Å². The monoisotopic (exact) mass is 341 g/mol. The number of nitrogens with zero attached hydrogens (tertiary/aromatic N) is 1. The molecule has 1 amide bonds. The zero-order chi connectivity index (χ0) is 17.8. The van der Waals surface area contributed by atoms with E-state index >= 15 is 0 Å². The number of hydrogen-bond donors (Lipinski definition) is 0. The van der Waals surface area contributed by atoms with E-state index in [1.807, 2.05) is 17.0 Å². The molecule has 1 saturated heterocycles. The second kappa shape index (κ2) is 7.47. The lowest BCUT2D eigenvalue weighted by Gasteiger charge is -2.19. The smallest absolute Gasteiger partial charge is 0.257 e. The zero-order valence-corrected chi connectivity index (χ0v) is 14.8. The molecule has 1 atom stereocenters. The summed E-state index contributed by atoms with van der Waals surface area (Å²) in [5.41, 5.74) is 1.80. The van der Waals surface area contributed by atoms with Crippen molar-refractivity contribution in [3.63, 3.8) is 0 Å². The lowest BCUT2D eigenvalue weighted by molar-refractivity contribution is 0.0787. The van der Waals surface area contributed by atoms with E-state index in [0.29, 0.717) is 29.5 Å². The molecule has 0 spiro atoms. The molecule has 0 saturated carbocycles. The molecule has 0 aromatic heterocycles. The van der Waals surface area contributed by atoms with E-state index in [1.165, 1.54) is 5.56 Å². The molecule has 25 heavy (non-hydrogen) atoms. The molecule has 1 heterocycles. The molecule has 3 rings (SSSR count). The first-order chi connectivity index (χ1) is 12.2. The molecular formula is C20H23NO4. The average molecular weight is 341 g/mol. The van der Waals surface area contributed by atoms with Crippen LogP contribution in [0.15, 0.2) is 42.5 Å². The van der Waals surface area contributed by atoms with Crippen LogP contribution in [-0.2, 0) is 0 Å². The average Bonchev–Trinajstić information content (AvgIpc) is 3.17. The third-order valence-corrected chi connectivity index (χ3v) is 4.70. The molecule has 0 aliphatic carbocycles. The molecular weight excluding hydrogens is 318 g/mol. The molecule has 1 unspecified atom stereocenters. The van der Waals surface area contributed by atoms with Crippen molar-refractivity contribution in [2.75, 3.05) is 34.4 Å². The number of carbonyl (C=O) groups is 1. The van der Waals surface area contributed by atoms with Gasteiger partial charge in [0, 0.05) is 25.1 Å².